The molecule has 0 aromatic carbocycles. The van der Waals surface area contributed by atoms with Gasteiger partial charge in [0.05, 0.1) is 0 Å². The van der Waals surface area contributed by atoms with Crippen LogP contribution in [-0.4, -0.2) is 12.1 Å². The molecule has 0 aromatic heterocycles. The number of unbranched alkanes of at least 4 members (excludes halogenated alkanes) is 1. The highest BCUT2D eigenvalue weighted by molar-refractivity contribution is 4.67. The highest BCUT2D eigenvalue weighted by Crippen LogP contribution is 2.09. The molecule has 1 nitrogen and oxygen atoms in total. The van der Waals surface area contributed by atoms with Gasteiger partial charge in [0.25, 0.3) is 0 Å². The van der Waals surface area contributed by atoms with Crippen molar-refractivity contribution in [2.45, 2.75) is 85.2 Å². The summed E-state index contributed by atoms with van der Waals surface area (Å²) in [7, 11) is 0. The Labute approximate surface area is 97.0 Å². The summed E-state index contributed by atoms with van der Waals surface area (Å²) in [6, 6.07) is 1.38. The topological polar surface area (TPSA) is 12.0 Å². The Bertz CT molecular complexity index is 131. The van der Waals surface area contributed by atoms with Gasteiger partial charge in [0.15, 0.2) is 0 Å². The largest absolute Gasteiger partial charge is 0.312 e. The first-order chi connectivity index (χ1) is 7.06. The fraction of sp³-hybridized carbons (Fsp3) is 1.00. The molecule has 92 valence electrons. The van der Waals surface area contributed by atoms with Gasteiger partial charge in [-0.15, -0.1) is 0 Å². The van der Waals surface area contributed by atoms with Gasteiger partial charge in [-0.1, -0.05) is 46.5 Å². The van der Waals surface area contributed by atoms with Crippen LogP contribution in [0.5, 0.6) is 0 Å². The van der Waals surface area contributed by atoms with Crippen LogP contribution in [-0.2, 0) is 0 Å². The molecule has 15 heavy (non-hydrogen) atoms. The van der Waals surface area contributed by atoms with Gasteiger partial charge in [0.1, 0.15) is 0 Å². The summed E-state index contributed by atoms with van der Waals surface area (Å²) in [5.41, 5.74) is 0. The summed E-state index contributed by atoms with van der Waals surface area (Å²) in [5.74, 6) is 0.856. The Morgan fingerprint density at radius 2 is 1.33 bits per heavy atom. The van der Waals surface area contributed by atoms with Crippen molar-refractivity contribution in [1.82, 2.24) is 5.32 Å². The van der Waals surface area contributed by atoms with Crippen LogP contribution in [0.15, 0.2) is 0 Å². The maximum atomic E-state index is 3.69. The molecule has 1 heteroatoms. The second-order valence-electron chi connectivity index (χ2n) is 5.44. The standard InChI is InChI=1S/C14H31N/c1-6-7-10-13(4)15-14(5)11-8-9-12(2)3/h12-15H,6-11H2,1-5H3. The predicted molar refractivity (Wildman–Crippen MR) is 70.3 cm³/mol. The zero-order valence-corrected chi connectivity index (χ0v) is 11.5. The number of rotatable bonds is 9. The van der Waals surface area contributed by atoms with Crippen molar-refractivity contribution in [3.05, 3.63) is 0 Å². The molecule has 2 unspecified atom stereocenters. The van der Waals surface area contributed by atoms with Crippen LogP contribution in [0.4, 0.5) is 0 Å². The minimum absolute atomic E-state index is 0.690. The highest BCUT2D eigenvalue weighted by Gasteiger charge is 2.06. The SMILES string of the molecule is CCCCC(C)NC(C)CCCC(C)C. The Balaban J connectivity index is 3.42. The van der Waals surface area contributed by atoms with Gasteiger partial charge in [-0.05, 0) is 32.6 Å². The van der Waals surface area contributed by atoms with Crippen LogP contribution in [0.3, 0.4) is 0 Å². The van der Waals surface area contributed by atoms with Gasteiger partial charge in [0, 0.05) is 12.1 Å². The zero-order chi connectivity index (χ0) is 11.7. The number of nitrogens with one attached hydrogen (secondary N) is 1. The molecule has 2 atom stereocenters. The average Bonchev–Trinajstić information content (AvgIpc) is 2.14. The van der Waals surface area contributed by atoms with E-state index in [0.29, 0.717) is 12.1 Å². The molecule has 0 spiro atoms. The Morgan fingerprint density at radius 3 is 1.80 bits per heavy atom. The third kappa shape index (κ3) is 10.2. The third-order valence-electron chi connectivity index (χ3n) is 2.98. The van der Waals surface area contributed by atoms with Crippen molar-refractivity contribution < 1.29 is 0 Å². The highest BCUT2D eigenvalue weighted by atomic mass is 14.9. The van der Waals surface area contributed by atoms with E-state index in [2.05, 4.69) is 39.9 Å². The van der Waals surface area contributed by atoms with E-state index in [1.807, 2.05) is 0 Å². The molecule has 0 aromatic rings. The maximum absolute atomic E-state index is 3.69. The van der Waals surface area contributed by atoms with Crippen molar-refractivity contribution in [1.29, 1.82) is 0 Å². The quantitative estimate of drug-likeness (QED) is 0.600. The zero-order valence-electron chi connectivity index (χ0n) is 11.5. The molecule has 0 bridgehead atoms. The minimum Gasteiger partial charge on any atom is -0.312 e. The van der Waals surface area contributed by atoms with Gasteiger partial charge in [0.2, 0.25) is 0 Å². The summed E-state index contributed by atoms with van der Waals surface area (Å²) in [5, 5.41) is 3.69. The van der Waals surface area contributed by atoms with E-state index in [0.717, 1.165) is 5.92 Å². The lowest BCUT2D eigenvalue weighted by Gasteiger charge is -2.20. The molecule has 0 amide bonds. The lowest BCUT2D eigenvalue weighted by atomic mass is 10.0. The van der Waals surface area contributed by atoms with Crippen molar-refractivity contribution in [3.63, 3.8) is 0 Å². The van der Waals surface area contributed by atoms with Gasteiger partial charge in [-0.25, -0.2) is 0 Å². The Kier molecular flexibility index (Phi) is 9.18. The monoisotopic (exact) mass is 213 g/mol. The fourth-order valence-corrected chi connectivity index (χ4v) is 1.99. The Morgan fingerprint density at radius 1 is 0.800 bits per heavy atom. The Hall–Kier alpha value is -0.0400. The molecule has 0 radical (unpaired) electrons. The molecule has 0 aliphatic heterocycles. The van der Waals surface area contributed by atoms with E-state index in [1.54, 1.807) is 0 Å². The van der Waals surface area contributed by atoms with E-state index in [9.17, 15) is 0 Å². The summed E-state index contributed by atoms with van der Waals surface area (Å²) in [6.45, 7) is 11.5. The maximum Gasteiger partial charge on any atom is 0.00412 e. The third-order valence-corrected chi connectivity index (χ3v) is 2.98. The van der Waals surface area contributed by atoms with Crippen LogP contribution < -0.4 is 5.32 Å². The summed E-state index contributed by atoms with van der Waals surface area (Å²) in [4.78, 5) is 0. The van der Waals surface area contributed by atoms with Crippen LogP contribution >= 0.6 is 0 Å². The van der Waals surface area contributed by atoms with Crippen molar-refractivity contribution >= 4 is 0 Å². The van der Waals surface area contributed by atoms with Crippen molar-refractivity contribution in [2.75, 3.05) is 0 Å². The van der Waals surface area contributed by atoms with E-state index in [4.69, 9.17) is 0 Å². The lowest BCUT2D eigenvalue weighted by molar-refractivity contribution is 0.399. The van der Waals surface area contributed by atoms with Gasteiger partial charge >= 0.3 is 0 Å². The molecule has 0 saturated heterocycles. The van der Waals surface area contributed by atoms with Gasteiger partial charge < -0.3 is 5.32 Å². The van der Waals surface area contributed by atoms with E-state index >= 15 is 0 Å². The minimum atomic E-state index is 0.690. The van der Waals surface area contributed by atoms with Gasteiger partial charge in [-0.3, -0.25) is 0 Å². The average molecular weight is 213 g/mol. The molecular weight excluding hydrogens is 182 g/mol. The second kappa shape index (κ2) is 9.21. The predicted octanol–water partition coefficient (Wildman–Crippen LogP) is 4.37. The van der Waals surface area contributed by atoms with Crippen molar-refractivity contribution in [3.8, 4) is 0 Å². The fourth-order valence-electron chi connectivity index (χ4n) is 1.99. The van der Waals surface area contributed by atoms with Crippen LogP contribution in [0, 0.1) is 5.92 Å². The smallest absolute Gasteiger partial charge is 0.00412 e. The second-order valence-corrected chi connectivity index (χ2v) is 5.44. The van der Waals surface area contributed by atoms with E-state index in [-0.39, 0.29) is 0 Å². The van der Waals surface area contributed by atoms with E-state index in [1.165, 1.54) is 38.5 Å². The van der Waals surface area contributed by atoms with Crippen LogP contribution in [0.1, 0.15) is 73.1 Å². The van der Waals surface area contributed by atoms with Crippen LogP contribution in [0.2, 0.25) is 0 Å². The molecule has 0 fully saturated rings. The molecule has 0 rings (SSSR count). The molecule has 1 N–H and O–H groups in total. The number of hydrogen-bond acceptors (Lipinski definition) is 1. The first kappa shape index (κ1) is 15.0. The molecule has 0 aliphatic carbocycles. The number of hydrogen-bond donors (Lipinski definition) is 1. The van der Waals surface area contributed by atoms with Gasteiger partial charge in [-0.2, -0.15) is 0 Å². The summed E-state index contributed by atoms with van der Waals surface area (Å²) < 4.78 is 0. The first-order valence-electron chi connectivity index (χ1n) is 6.82. The summed E-state index contributed by atoms with van der Waals surface area (Å²) >= 11 is 0. The molecular formula is C14H31N. The normalized spacial score (nSPS) is 15.6. The summed E-state index contributed by atoms with van der Waals surface area (Å²) in [6.07, 6.45) is 8.06. The molecule has 0 heterocycles. The lowest BCUT2D eigenvalue weighted by Crippen LogP contribution is -2.34. The van der Waals surface area contributed by atoms with Crippen LogP contribution in [0.25, 0.3) is 0 Å². The van der Waals surface area contributed by atoms with E-state index < -0.39 is 0 Å². The first-order valence-corrected chi connectivity index (χ1v) is 6.82. The molecule has 0 saturated carbocycles. The molecule has 0 aliphatic rings. The van der Waals surface area contributed by atoms with Crippen molar-refractivity contribution in [2.24, 2.45) is 5.92 Å².